The molecule has 0 bridgehead atoms. The molecule has 0 unspecified atom stereocenters. The van der Waals surface area contributed by atoms with Gasteiger partial charge in [-0.05, 0) is 25.3 Å². The van der Waals surface area contributed by atoms with Crippen molar-refractivity contribution in [3.63, 3.8) is 0 Å². The second kappa shape index (κ2) is 8.56. The van der Waals surface area contributed by atoms with Crippen LogP contribution in [0.25, 0.3) is 0 Å². The van der Waals surface area contributed by atoms with Gasteiger partial charge in [0.15, 0.2) is 5.96 Å². The van der Waals surface area contributed by atoms with E-state index >= 15 is 0 Å². The van der Waals surface area contributed by atoms with Gasteiger partial charge in [-0.2, -0.15) is 5.10 Å². The molecule has 0 radical (unpaired) electrons. The minimum absolute atomic E-state index is 0.796. The van der Waals surface area contributed by atoms with E-state index in [4.69, 9.17) is 0 Å². The molecular weight excluding hydrogens is 238 g/mol. The first kappa shape index (κ1) is 15.5. The number of aromatic nitrogens is 2. The summed E-state index contributed by atoms with van der Waals surface area (Å²) in [6, 6.07) is 0. The minimum atomic E-state index is 0.796. The van der Waals surface area contributed by atoms with Crippen LogP contribution in [-0.2, 0) is 13.5 Å². The smallest absolute Gasteiger partial charge is 0.193 e. The summed E-state index contributed by atoms with van der Waals surface area (Å²) in [4.78, 5) is 6.87. The third-order valence-corrected chi connectivity index (χ3v) is 2.96. The molecule has 0 fully saturated rings. The van der Waals surface area contributed by atoms with Crippen LogP contribution in [0.4, 0.5) is 0 Å². The maximum atomic E-state index is 4.67. The van der Waals surface area contributed by atoms with Crippen LogP contribution in [0, 0.1) is 0 Å². The number of guanidine groups is 1. The summed E-state index contributed by atoms with van der Waals surface area (Å²) in [5.74, 6) is 1.000. The quantitative estimate of drug-likeness (QED) is 0.602. The molecule has 0 spiro atoms. The summed E-state index contributed by atoms with van der Waals surface area (Å²) in [7, 11) is 4.04. The zero-order valence-electron chi connectivity index (χ0n) is 12.7. The van der Waals surface area contributed by atoms with E-state index in [2.05, 4.69) is 41.2 Å². The lowest BCUT2D eigenvalue weighted by molar-refractivity contribution is 0.465. The lowest BCUT2D eigenvalue weighted by Crippen LogP contribution is -2.39. The van der Waals surface area contributed by atoms with Crippen LogP contribution >= 0.6 is 0 Å². The van der Waals surface area contributed by atoms with E-state index in [9.17, 15) is 0 Å². The summed E-state index contributed by atoms with van der Waals surface area (Å²) in [6.45, 7) is 7.06. The SMILES string of the molecule is CCCCN(C)C(=NCCc1cnn(C)c1)NCC. The average Bonchev–Trinajstić information content (AvgIpc) is 2.80. The van der Waals surface area contributed by atoms with Crippen molar-refractivity contribution in [3.8, 4) is 0 Å². The van der Waals surface area contributed by atoms with Crippen LogP contribution < -0.4 is 5.32 Å². The van der Waals surface area contributed by atoms with E-state index in [0.29, 0.717) is 0 Å². The van der Waals surface area contributed by atoms with Gasteiger partial charge in [0.2, 0.25) is 0 Å². The van der Waals surface area contributed by atoms with E-state index in [-0.39, 0.29) is 0 Å². The van der Waals surface area contributed by atoms with Crippen LogP contribution in [0.15, 0.2) is 17.4 Å². The number of unbranched alkanes of at least 4 members (excludes halogenated alkanes) is 1. The molecule has 0 saturated heterocycles. The predicted molar refractivity (Wildman–Crippen MR) is 80.4 cm³/mol. The van der Waals surface area contributed by atoms with Crippen LogP contribution in [0.5, 0.6) is 0 Å². The first-order valence-electron chi connectivity index (χ1n) is 7.14. The number of rotatable bonds is 7. The Bertz CT molecular complexity index is 383. The van der Waals surface area contributed by atoms with Gasteiger partial charge in [-0.15, -0.1) is 0 Å². The summed E-state index contributed by atoms with van der Waals surface area (Å²) in [5.41, 5.74) is 1.23. The lowest BCUT2D eigenvalue weighted by Gasteiger charge is -2.21. The number of aliphatic imine (C=N–C) groups is 1. The van der Waals surface area contributed by atoms with Crippen molar-refractivity contribution in [1.29, 1.82) is 0 Å². The number of nitrogens with one attached hydrogen (secondary N) is 1. The molecule has 1 aromatic heterocycles. The molecule has 0 atom stereocenters. The maximum Gasteiger partial charge on any atom is 0.193 e. The van der Waals surface area contributed by atoms with E-state index in [1.165, 1.54) is 18.4 Å². The molecule has 1 rings (SSSR count). The van der Waals surface area contributed by atoms with Gasteiger partial charge in [-0.1, -0.05) is 13.3 Å². The molecule has 0 aliphatic rings. The number of hydrogen-bond donors (Lipinski definition) is 1. The van der Waals surface area contributed by atoms with Crippen LogP contribution in [0.1, 0.15) is 32.3 Å². The molecule has 0 aromatic carbocycles. The van der Waals surface area contributed by atoms with Gasteiger partial charge >= 0.3 is 0 Å². The Morgan fingerprint density at radius 3 is 2.84 bits per heavy atom. The van der Waals surface area contributed by atoms with Gasteiger partial charge < -0.3 is 10.2 Å². The highest BCUT2D eigenvalue weighted by Gasteiger charge is 2.04. The predicted octanol–water partition coefficient (Wildman–Crippen LogP) is 1.66. The van der Waals surface area contributed by atoms with Crippen LogP contribution in [-0.4, -0.2) is 47.3 Å². The Hall–Kier alpha value is -1.52. The van der Waals surface area contributed by atoms with Crippen molar-refractivity contribution in [2.45, 2.75) is 33.1 Å². The summed E-state index contributed by atoms with van der Waals surface area (Å²) in [5, 5.41) is 7.51. The van der Waals surface area contributed by atoms with Crippen LogP contribution in [0.3, 0.4) is 0 Å². The highest BCUT2D eigenvalue weighted by Crippen LogP contribution is 1.99. The maximum absolute atomic E-state index is 4.67. The van der Waals surface area contributed by atoms with E-state index < -0.39 is 0 Å². The zero-order chi connectivity index (χ0) is 14.1. The average molecular weight is 265 g/mol. The van der Waals surface area contributed by atoms with E-state index in [1.807, 2.05) is 24.1 Å². The van der Waals surface area contributed by atoms with Crippen LogP contribution in [0.2, 0.25) is 0 Å². The van der Waals surface area contributed by atoms with Gasteiger partial charge in [0.1, 0.15) is 0 Å². The lowest BCUT2D eigenvalue weighted by atomic mass is 10.2. The Kier molecular flexibility index (Phi) is 7.00. The molecule has 5 nitrogen and oxygen atoms in total. The Balaban J connectivity index is 2.47. The second-order valence-corrected chi connectivity index (χ2v) is 4.78. The number of aryl methyl sites for hydroxylation is 1. The second-order valence-electron chi connectivity index (χ2n) is 4.78. The van der Waals surface area contributed by atoms with E-state index in [1.54, 1.807) is 0 Å². The molecule has 5 heteroatoms. The molecular formula is C14H27N5. The van der Waals surface area contributed by atoms with Crippen molar-refractivity contribution >= 4 is 5.96 Å². The third kappa shape index (κ3) is 5.77. The zero-order valence-corrected chi connectivity index (χ0v) is 12.7. The van der Waals surface area contributed by atoms with Crippen molar-refractivity contribution in [3.05, 3.63) is 18.0 Å². The summed E-state index contributed by atoms with van der Waals surface area (Å²) >= 11 is 0. The van der Waals surface area contributed by atoms with Crippen molar-refractivity contribution in [2.24, 2.45) is 12.0 Å². The molecule has 0 aliphatic carbocycles. The number of nitrogens with zero attached hydrogens (tertiary/aromatic N) is 4. The Labute approximate surface area is 116 Å². The van der Waals surface area contributed by atoms with Gasteiger partial charge in [0, 0.05) is 39.9 Å². The van der Waals surface area contributed by atoms with E-state index in [0.717, 1.165) is 32.0 Å². The standard InChI is InChI=1S/C14H27N5/c1-5-7-10-18(3)14(15-6-2)16-9-8-13-11-17-19(4)12-13/h11-12H,5-10H2,1-4H3,(H,15,16). The largest absolute Gasteiger partial charge is 0.357 e. The first-order chi connectivity index (χ1) is 9.17. The fourth-order valence-electron chi connectivity index (χ4n) is 1.86. The Morgan fingerprint density at radius 1 is 1.47 bits per heavy atom. The van der Waals surface area contributed by atoms with Gasteiger partial charge in [-0.3, -0.25) is 9.67 Å². The fourth-order valence-corrected chi connectivity index (χ4v) is 1.86. The van der Waals surface area contributed by atoms with Crippen molar-refractivity contribution < 1.29 is 0 Å². The van der Waals surface area contributed by atoms with Crippen molar-refractivity contribution in [1.82, 2.24) is 20.0 Å². The minimum Gasteiger partial charge on any atom is -0.357 e. The molecule has 0 amide bonds. The highest BCUT2D eigenvalue weighted by atomic mass is 15.3. The third-order valence-electron chi connectivity index (χ3n) is 2.96. The molecule has 19 heavy (non-hydrogen) atoms. The van der Waals surface area contributed by atoms with Crippen molar-refractivity contribution in [2.75, 3.05) is 26.7 Å². The topological polar surface area (TPSA) is 45.5 Å². The monoisotopic (exact) mass is 265 g/mol. The molecule has 1 heterocycles. The highest BCUT2D eigenvalue weighted by molar-refractivity contribution is 5.79. The molecule has 108 valence electrons. The molecule has 0 saturated carbocycles. The number of hydrogen-bond acceptors (Lipinski definition) is 2. The molecule has 1 aromatic rings. The Morgan fingerprint density at radius 2 is 2.26 bits per heavy atom. The fraction of sp³-hybridized carbons (Fsp3) is 0.714. The van der Waals surface area contributed by atoms with Gasteiger partial charge in [0.25, 0.3) is 0 Å². The molecule has 1 N–H and O–H groups in total. The first-order valence-corrected chi connectivity index (χ1v) is 7.14. The summed E-state index contributed by atoms with van der Waals surface area (Å²) < 4.78 is 1.83. The normalized spacial score (nSPS) is 11.7. The molecule has 0 aliphatic heterocycles. The van der Waals surface area contributed by atoms with Gasteiger partial charge in [0.05, 0.1) is 6.20 Å². The summed E-state index contributed by atoms with van der Waals surface area (Å²) in [6.07, 6.45) is 7.29. The van der Waals surface area contributed by atoms with Gasteiger partial charge in [-0.25, -0.2) is 0 Å².